The van der Waals surface area contributed by atoms with E-state index in [9.17, 15) is 0 Å². The van der Waals surface area contributed by atoms with Crippen molar-refractivity contribution in [2.45, 2.75) is 44.6 Å². The van der Waals surface area contributed by atoms with Crippen molar-refractivity contribution in [3.8, 4) is 0 Å². The van der Waals surface area contributed by atoms with Crippen LogP contribution in [-0.4, -0.2) is 25.3 Å². The van der Waals surface area contributed by atoms with Gasteiger partial charge in [-0.1, -0.05) is 6.92 Å². The van der Waals surface area contributed by atoms with Crippen molar-refractivity contribution in [3.05, 3.63) is 0 Å². The van der Waals surface area contributed by atoms with Gasteiger partial charge in [0.1, 0.15) is 0 Å². The Morgan fingerprint density at radius 3 is 2.77 bits per heavy atom. The summed E-state index contributed by atoms with van der Waals surface area (Å²) in [5.41, 5.74) is 0.516. The largest absolute Gasteiger partial charge is 0.381 e. The predicted octanol–water partition coefficient (Wildman–Crippen LogP) is 1.95. The van der Waals surface area contributed by atoms with Crippen LogP contribution in [0.4, 0.5) is 0 Å². The van der Waals surface area contributed by atoms with E-state index in [1.807, 2.05) is 0 Å². The zero-order chi connectivity index (χ0) is 9.15. The molecule has 2 rings (SSSR count). The molecule has 13 heavy (non-hydrogen) atoms. The van der Waals surface area contributed by atoms with Gasteiger partial charge in [0.15, 0.2) is 0 Å². The summed E-state index contributed by atoms with van der Waals surface area (Å²) in [5, 5.41) is 3.74. The fraction of sp³-hybridized carbons (Fsp3) is 1.00. The second-order valence-electron chi connectivity index (χ2n) is 4.60. The first kappa shape index (κ1) is 9.47. The summed E-state index contributed by atoms with van der Waals surface area (Å²) < 4.78 is 5.37. The Morgan fingerprint density at radius 1 is 1.46 bits per heavy atom. The van der Waals surface area contributed by atoms with Crippen molar-refractivity contribution < 1.29 is 4.74 Å². The van der Waals surface area contributed by atoms with Crippen LogP contribution in [0.1, 0.15) is 39.0 Å². The third-order valence-corrected chi connectivity index (χ3v) is 3.78. The Morgan fingerprint density at radius 2 is 2.31 bits per heavy atom. The van der Waals surface area contributed by atoms with Crippen LogP contribution < -0.4 is 5.32 Å². The van der Waals surface area contributed by atoms with Gasteiger partial charge in [0, 0.05) is 18.7 Å². The second kappa shape index (κ2) is 3.97. The van der Waals surface area contributed by atoms with E-state index in [-0.39, 0.29) is 0 Å². The van der Waals surface area contributed by atoms with Crippen molar-refractivity contribution >= 4 is 0 Å². The zero-order valence-electron chi connectivity index (χ0n) is 8.64. The normalized spacial score (nSPS) is 31.6. The highest BCUT2D eigenvalue weighted by Crippen LogP contribution is 2.34. The molecule has 2 heteroatoms. The maximum Gasteiger partial charge on any atom is 0.0507 e. The maximum absolute atomic E-state index is 5.37. The molecule has 0 aromatic heterocycles. The van der Waals surface area contributed by atoms with Gasteiger partial charge < -0.3 is 10.1 Å². The lowest BCUT2D eigenvalue weighted by atomic mass is 9.74. The molecule has 1 saturated carbocycles. The Kier molecular flexibility index (Phi) is 2.89. The van der Waals surface area contributed by atoms with Crippen molar-refractivity contribution in [3.63, 3.8) is 0 Å². The Bertz CT molecular complexity index is 154. The highest BCUT2D eigenvalue weighted by molar-refractivity contribution is 4.95. The smallest absolute Gasteiger partial charge is 0.0507 e. The number of nitrogens with one attached hydrogen (secondary N) is 1. The SMILES string of the molecule is CCC1(NCC2CCOC2)CCC1. The van der Waals surface area contributed by atoms with Crippen LogP contribution in [0, 0.1) is 5.92 Å². The molecule has 2 fully saturated rings. The zero-order valence-corrected chi connectivity index (χ0v) is 8.64. The molecule has 1 aliphatic carbocycles. The van der Waals surface area contributed by atoms with Crippen molar-refractivity contribution in [1.82, 2.24) is 5.32 Å². The first-order valence-electron chi connectivity index (χ1n) is 5.67. The molecule has 0 aromatic carbocycles. The summed E-state index contributed by atoms with van der Waals surface area (Å²) in [7, 11) is 0. The van der Waals surface area contributed by atoms with Crippen molar-refractivity contribution in [2.75, 3.05) is 19.8 Å². The minimum Gasteiger partial charge on any atom is -0.381 e. The van der Waals surface area contributed by atoms with Gasteiger partial charge in [-0.25, -0.2) is 0 Å². The number of rotatable bonds is 4. The number of hydrogen-bond donors (Lipinski definition) is 1. The lowest BCUT2D eigenvalue weighted by Gasteiger charge is -2.43. The highest BCUT2D eigenvalue weighted by Gasteiger charge is 2.35. The van der Waals surface area contributed by atoms with E-state index in [1.54, 1.807) is 0 Å². The molecule has 76 valence electrons. The maximum atomic E-state index is 5.37. The van der Waals surface area contributed by atoms with E-state index < -0.39 is 0 Å². The van der Waals surface area contributed by atoms with E-state index in [4.69, 9.17) is 4.74 Å². The fourth-order valence-corrected chi connectivity index (χ4v) is 2.36. The number of ether oxygens (including phenoxy) is 1. The van der Waals surface area contributed by atoms with E-state index in [0.29, 0.717) is 5.54 Å². The molecule has 1 aliphatic heterocycles. The van der Waals surface area contributed by atoms with Gasteiger partial charge in [0.05, 0.1) is 6.61 Å². The van der Waals surface area contributed by atoms with E-state index >= 15 is 0 Å². The third kappa shape index (κ3) is 2.05. The first-order valence-corrected chi connectivity index (χ1v) is 5.67. The average molecular weight is 183 g/mol. The van der Waals surface area contributed by atoms with Gasteiger partial charge in [0.25, 0.3) is 0 Å². The second-order valence-corrected chi connectivity index (χ2v) is 4.60. The van der Waals surface area contributed by atoms with E-state index in [0.717, 1.165) is 19.1 Å². The Balaban J connectivity index is 1.71. The summed E-state index contributed by atoms with van der Waals surface area (Å²) >= 11 is 0. The van der Waals surface area contributed by atoms with Gasteiger partial charge in [-0.3, -0.25) is 0 Å². The highest BCUT2D eigenvalue weighted by atomic mass is 16.5. The minimum absolute atomic E-state index is 0.516. The van der Waals surface area contributed by atoms with Gasteiger partial charge >= 0.3 is 0 Å². The van der Waals surface area contributed by atoms with Crippen LogP contribution in [0.15, 0.2) is 0 Å². The lowest BCUT2D eigenvalue weighted by Crippen LogP contribution is -2.51. The van der Waals surface area contributed by atoms with Crippen LogP contribution in [0.25, 0.3) is 0 Å². The lowest BCUT2D eigenvalue weighted by molar-refractivity contribution is 0.155. The Hall–Kier alpha value is -0.0800. The quantitative estimate of drug-likeness (QED) is 0.719. The molecule has 0 amide bonds. The monoisotopic (exact) mass is 183 g/mol. The topological polar surface area (TPSA) is 21.3 Å². The van der Waals surface area contributed by atoms with Crippen LogP contribution in [0.5, 0.6) is 0 Å². The molecule has 0 spiro atoms. The molecule has 1 heterocycles. The molecule has 1 unspecified atom stereocenters. The molecule has 0 bridgehead atoms. The summed E-state index contributed by atoms with van der Waals surface area (Å²) in [6, 6.07) is 0. The Labute approximate surface area is 81.0 Å². The van der Waals surface area contributed by atoms with Gasteiger partial charge in [0.2, 0.25) is 0 Å². The minimum atomic E-state index is 0.516. The molecular formula is C11H21NO. The third-order valence-electron chi connectivity index (χ3n) is 3.78. The van der Waals surface area contributed by atoms with Gasteiger partial charge in [-0.15, -0.1) is 0 Å². The van der Waals surface area contributed by atoms with Gasteiger partial charge in [-0.2, -0.15) is 0 Å². The van der Waals surface area contributed by atoms with Crippen LogP contribution in [0.3, 0.4) is 0 Å². The van der Waals surface area contributed by atoms with Crippen LogP contribution in [-0.2, 0) is 4.74 Å². The standard InChI is InChI=1S/C11H21NO/c1-2-11(5-3-6-11)12-8-10-4-7-13-9-10/h10,12H,2-9H2,1H3. The molecule has 2 nitrogen and oxygen atoms in total. The van der Waals surface area contributed by atoms with Crippen molar-refractivity contribution in [2.24, 2.45) is 5.92 Å². The molecule has 1 N–H and O–H groups in total. The van der Waals surface area contributed by atoms with Crippen molar-refractivity contribution in [1.29, 1.82) is 0 Å². The first-order chi connectivity index (χ1) is 6.35. The summed E-state index contributed by atoms with van der Waals surface area (Å²) in [4.78, 5) is 0. The molecule has 2 aliphatic rings. The number of hydrogen-bond acceptors (Lipinski definition) is 2. The van der Waals surface area contributed by atoms with E-state index in [2.05, 4.69) is 12.2 Å². The van der Waals surface area contributed by atoms with Gasteiger partial charge in [-0.05, 0) is 38.0 Å². The summed E-state index contributed by atoms with van der Waals surface area (Å²) in [6.07, 6.45) is 6.74. The molecule has 0 aromatic rings. The average Bonchev–Trinajstić information content (AvgIpc) is 2.56. The molecule has 1 atom stereocenters. The predicted molar refractivity (Wildman–Crippen MR) is 53.8 cm³/mol. The fourth-order valence-electron chi connectivity index (χ4n) is 2.36. The summed E-state index contributed by atoms with van der Waals surface area (Å²) in [6.45, 7) is 5.43. The summed E-state index contributed by atoms with van der Waals surface area (Å²) in [5.74, 6) is 0.782. The van der Waals surface area contributed by atoms with Crippen LogP contribution >= 0.6 is 0 Å². The molecule has 0 radical (unpaired) electrons. The molecular weight excluding hydrogens is 162 g/mol. The molecule has 1 saturated heterocycles. The van der Waals surface area contributed by atoms with Crippen LogP contribution in [0.2, 0.25) is 0 Å². The van der Waals surface area contributed by atoms with E-state index in [1.165, 1.54) is 38.6 Å².